The van der Waals surface area contributed by atoms with Crippen molar-refractivity contribution in [3.05, 3.63) is 53.0 Å². The zero-order valence-corrected chi connectivity index (χ0v) is 8.83. The molecular weight excluding hydrogens is 245 g/mol. The van der Waals surface area contributed by atoms with Crippen LogP contribution in [0.3, 0.4) is 0 Å². The first kappa shape index (κ1) is 9.34. The number of hydrogen-bond acceptors (Lipinski definition) is 1. The number of aromatic nitrogens is 1. The van der Waals surface area contributed by atoms with Crippen molar-refractivity contribution in [3.63, 3.8) is 0 Å². The molecule has 0 aliphatic rings. The molecule has 0 amide bonds. The maximum absolute atomic E-state index is 13.4. The Balaban J connectivity index is 2.63. The van der Waals surface area contributed by atoms with Crippen molar-refractivity contribution in [3.8, 4) is 11.1 Å². The quantitative estimate of drug-likeness (QED) is 0.754. The highest BCUT2D eigenvalue weighted by Crippen LogP contribution is 2.29. The lowest BCUT2D eigenvalue weighted by atomic mass is 10.1. The third-order valence-electron chi connectivity index (χ3n) is 1.92. The van der Waals surface area contributed by atoms with Crippen molar-refractivity contribution in [1.82, 2.24) is 4.98 Å². The van der Waals surface area contributed by atoms with Crippen LogP contribution in [-0.4, -0.2) is 4.98 Å². The van der Waals surface area contributed by atoms with Crippen LogP contribution in [0.5, 0.6) is 0 Å². The highest BCUT2D eigenvalue weighted by molar-refractivity contribution is 9.10. The van der Waals surface area contributed by atoms with Gasteiger partial charge < -0.3 is 0 Å². The standard InChI is InChI=1S/C11H7BrFN/c12-9-6-14-7-10(13)11(9)8-4-2-1-3-5-8/h1-7H. The van der Waals surface area contributed by atoms with Gasteiger partial charge in [-0.05, 0) is 21.5 Å². The molecule has 1 aromatic heterocycles. The van der Waals surface area contributed by atoms with Gasteiger partial charge in [0.1, 0.15) is 5.82 Å². The monoisotopic (exact) mass is 251 g/mol. The van der Waals surface area contributed by atoms with Crippen molar-refractivity contribution in [2.24, 2.45) is 0 Å². The molecular formula is C11H7BrFN. The molecule has 14 heavy (non-hydrogen) atoms. The Morgan fingerprint density at radius 1 is 1.07 bits per heavy atom. The topological polar surface area (TPSA) is 12.9 Å². The lowest BCUT2D eigenvalue weighted by Gasteiger charge is -2.04. The molecule has 2 rings (SSSR count). The first-order valence-corrected chi connectivity index (χ1v) is 4.93. The van der Waals surface area contributed by atoms with Gasteiger partial charge in [-0.1, -0.05) is 30.3 Å². The summed E-state index contributed by atoms with van der Waals surface area (Å²) >= 11 is 3.28. The molecule has 0 bridgehead atoms. The predicted molar refractivity (Wildman–Crippen MR) is 57.3 cm³/mol. The molecule has 0 radical (unpaired) electrons. The number of rotatable bonds is 1. The molecule has 0 aliphatic heterocycles. The van der Waals surface area contributed by atoms with Crippen molar-refractivity contribution in [1.29, 1.82) is 0 Å². The Hall–Kier alpha value is -1.22. The summed E-state index contributed by atoms with van der Waals surface area (Å²) in [7, 11) is 0. The minimum atomic E-state index is -0.314. The van der Waals surface area contributed by atoms with Crippen molar-refractivity contribution >= 4 is 15.9 Å². The summed E-state index contributed by atoms with van der Waals surface area (Å²) in [6, 6.07) is 9.38. The summed E-state index contributed by atoms with van der Waals surface area (Å²) in [5.74, 6) is -0.314. The fraction of sp³-hybridized carbons (Fsp3) is 0. The summed E-state index contributed by atoms with van der Waals surface area (Å²) in [5, 5.41) is 0. The molecule has 0 unspecified atom stereocenters. The molecule has 0 N–H and O–H groups in total. The van der Waals surface area contributed by atoms with E-state index in [9.17, 15) is 4.39 Å². The molecule has 1 nitrogen and oxygen atoms in total. The number of pyridine rings is 1. The number of benzene rings is 1. The van der Waals surface area contributed by atoms with E-state index in [1.807, 2.05) is 30.3 Å². The zero-order valence-electron chi connectivity index (χ0n) is 7.24. The molecule has 0 fully saturated rings. The molecule has 0 atom stereocenters. The molecule has 0 saturated heterocycles. The van der Waals surface area contributed by atoms with E-state index in [0.717, 1.165) is 5.56 Å². The maximum atomic E-state index is 13.4. The third-order valence-corrected chi connectivity index (χ3v) is 2.52. The largest absolute Gasteiger partial charge is 0.260 e. The number of halogens is 2. The smallest absolute Gasteiger partial charge is 0.150 e. The summed E-state index contributed by atoms with van der Waals surface area (Å²) in [6.07, 6.45) is 2.80. The highest BCUT2D eigenvalue weighted by atomic mass is 79.9. The Morgan fingerprint density at radius 3 is 2.43 bits per heavy atom. The van der Waals surface area contributed by atoms with Crippen molar-refractivity contribution < 1.29 is 4.39 Å². The van der Waals surface area contributed by atoms with E-state index in [-0.39, 0.29) is 5.82 Å². The second-order valence-corrected chi connectivity index (χ2v) is 3.70. The van der Waals surface area contributed by atoms with E-state index in [0.29, 0.717) is 10.0 Å². The van der Waals surface area contributed by atoms with Crippen molar-refractivity contribution in [2.75, 3.05) is 0 Å². The first-order valence-electron chi connectivity index (χ1n) is 4.13. The van der Waals surface area contributed by atoms with Gasteiger partial charge in [-0.2, -0.15) is 0 Å². The normalized spacial score (nSPS) is 10.1. The second kappa shape index (κ2) is 3.88. The SMILES string of the molecule is Fc1cncc(Br)c1-c1ccccc1. The lowest BCUT2D eigenvalue weighted by molar-refractivity contribution is 0.624. The van der Waals surface area contributed by atoms with Gasteiger partial charge in [-0.15, -0.1) is 0 Å². The van der Waals surface area contributed by atoms with Crippen LogP contribution in [0, 0.1) is 5.82 Å². The van der Waals surface area contributed by atoms with Gasteiger partial charge in [0.15, 0.2) is 0 Å². The Kier molecular flexibility index (Phi) is 2.59. The minimum Gasteiger partial charge on any atom is -0.260 e. The van der Waals surface area contributed by atoms with Gasteiger partial charge in [0.25, 0.3) is 0 Å². The predicted octanol–water partition coefficient (Wildman–Crippen LogP) is 3.65. The summed E-state index contributed by atoms with van der Waals surface area (Å²) in [5.41, 5.74) is 1.40. The maximum Gasteiger partial charge on any atom is 0.150 e. The fourth-order valence-corrected chi connectivity index (χ4v) is 1.83. The van der Waals surface area contributed by atoms with E-state index in [4.69, 9.17) is 0 Å². The average Bonchev–Trinajstić information content (AvgIpc) is 2.19. The van der Waals surface area contributed by atoms with Gasteiger partial charge in [0.05, 0.1) is 6.20 Å². The molecule has 0 aliphatic carbocycles. The van der Waals surface area contributed by atoms with E-state index in [2.05, 4.69) is 20.9 Å². The van der Waals surface area contributed by atoms with E-state index in [1.165, 1.54) is 6.20 Å². The van der Waals surface area contributed by atoms with Gasteiger partial charge in [-0.3, -0.25) is 4.98 Å². The minimum absolute atomic E-state index is 0.314. The van der Waals surface area contributed by atoms with Crippen molar-refractivity contribution in [2.45, 2.75) is 0 Å². The first-order chi connectivity index (χ1) is 6.79. The highest BCUT2D eigenvalue weighted by Gasteiger charge is 2.08. The van der Waals surface area contributed by atoms with Gasteiger partial charge in [0, 0.05) is 16.2 Å². The number of hydrogen-bond donors (Lipinski definition) is 0. The zero-order chi connectivity index (χ0) is 9.97. The Morgan fingerprint density at radius 2 is 1.79 bits per heavy atom. The van der Waals surface area contributed by atoms with Gasteiger partial charge in [-0.25, -0.2) is 4.39 Å². The molecule has 1 aromatic carbocycles. The van der Waals surface area contributed by atoms with Crippen LogP contribution in [0.25, 0.3) is 11.1 Å². The van der Waals surface area contributed by atoms with Gasteiger partial charge >= 0.3 is 0 Å². The van der Waals surface area contributed by atoms with Crippen LogP contribution in [0.15, 0.2) is 47.2 Å². The number of nitrogens with zero attached hydrogens (tertiary/aromatic N) is 1. The fourth-order valence-electron chi connectivity index (χ4n) is 1.29. The molecule has 0 saturated carbocycles. The van der Waals surface area contributed by atoms with Crippen LogP contribution >= 0.6 is 15.9 Å². The van der Waals surface area contributed by atoms with Crippen LogP contribution in [-0.2, 0) is 0 Å². The molecule has 1 heterocycles. The van der Waals surface area contributed by atoms with E-state index >= 15 is 0 Å². The Labute approximate surface area is 89.7 Å². The molecule has 3 heteroatoms. The van der Waals surface area contributed by atoms with Gasteiger partial charge in [0.2, 0.25) is 0 Å². The Bertz CT molecular complexity index is 422. The molecule has 0 spiro atoms. The average molecular weight is 252 g/mol. The van der Waals surface area contributed by atoms with Crippen LogP contribution in [0.4, 0.5) is 4.39 Å². The second-order valence-electron chi connectivity index (χ2n) is 2.84. The molecule has 70 valence electrons. The van der Waals surface area contributed by atoms with E-state index in [1.54, 1.807) is 6.20 Å². The van der Waals surface area contributed by atoms with E-state index < -0.39 is 0 Å². The van der Waals surface area contributed by atoms with Crippen LogP contribution < -0.4 is 0 Å². The summed E-state index contributed by atoms with van der Waals surface area (Å²) in [4.78, 5) is 3.75. The third kappa shape index (κ3) is 1.68. The summed E-state index contributed by atoms with van der Waals surface area (Å²) in [6.45, 7) is 0. The van der Waals surface area contributed by atoms with Crippen LogP contribution in [0.2, 0.25) is 0 Å². The lowest BCUT2D eigenvalue weighted by Crippen LogP contribution is -1.87. The van der Waals surface area contributed by atoms with Crippen LogP contribution in [0.1, 0.15) is 0 Å². The molecule has 2 aromatic rings. The summed E-state index contributed by atoms with van der Waals surface area (Å²) < 4.78 is 14.1.